The Morgan fingerprint density at radius 1 is 0.735 bits per heavy atom. The summed E-state index contributed by atoms with van der Waals surface area (Å²) in [5.41, 5.74) is 2.07. The Morgan fingerprint density at radius 2 is 1.26 bits per heavy atom. The van der Waals surface area contributed by atoms with Gasteiger partial charge in [0.1, 0.15) is 12.2 Å². The van der Waals surface area contributed by atoms with Crippen molar-refractivity contribution >= 4 is 6.03 Å². The van der Waals surface area contributed by atoms with E-state index in [0.717, 1.165) is 36.8 Å². The largest absolute Gasteiger partial charge is 0.396 e. The molecule has 0 spiro atoms. The number of aliphatic hydroxyl groups is 3. The molecule has 2 fully saturated rings. The number of carbonyl (C=O) groups is 1. The number of hydrogen-bond donors (Lipinski definition) is 3. The van der Waals surface area contributed by atoms with Crippen LogP contribution in [0.5, 0.6) is 0 Å². The maximum Gasteiger partial charge on any atom is 0.320 e. The fraction of sp³-hybridized carbons (Fsp3) is 0.536. The number of amides is 2. The molecule has 0 bridgehead atoms. The van der Waals surface area contributed by atoms with E-state index in [4.69, 9.17) is 0 Å². The van der Waals surface area contributed by atoms with E-state index in [0.29, 0.717) is 38.3 Å². The van der Waals surface area contributed by atoms with Gasteiger partial charge in [-0.1, -0.05) is 60.7 Å². The van der Waals surface area contributed by atoms with Gasteiger partial charge in [-0.2, -0.15) is 0 Å². The summed E-state index contributed by atoms with van der Waals surface area (Å²) in [5, 5.41) is 32.1. The lowest BCUT2D eigenvalue weighted by molar-refractivity contribution is -0.0399. The Labute approximate surface area is 202 Å². The van der Waals surface area contributed by atoms with Crippen molar-refractivity contribution in [2.24, 2.45) is 5.92 Å². The van der Waals surface area contributed by atoms with E-state index in [-0.39, 0.29) is 12.6 Å². The summed E-state index contributed by atoms with van der Waals surface area (Å²) >= 11 is 0. The first kappa shape index (κ1) is 24.7. The van der Waals surface area contributed by atoms with Crippen LogP contribution in [0.4, 0.5) is 4.79 Å². The van der Waals surface area contributed by atoms with Gasteiger partial charge in [-0.05, 0) is 62.0 Å². The molecule has 2 aliphatic rings. The molecule has 4 rings (SSSR count). The van der Waals surface area contributed by atoms with E-state index in [2.05, 4.69) is 0 Å². The average Bonchev–Trinajstić information content (AvgIpc) is 3.69. The second kappa shape index (κ2) is 11.8. The van der Waals surface area contributed by atoms with Crippen molar-refractivity contribution in [3.05, 3.63) is 71.8 Å². The molecule has 1 saturated heterocycles. The minimum absolute atomic E-state index is 0.0895. The maximum atomic E-state index is 14.0. The lowest BCUT2D eigenvalue weighted by Crippen LogP contribution is -2.52. The van der Waals surface area contributed by atoms with Gasteiger partial charge in [-0.3, -0.25) is 0 Å². The first-order valence-corrected chi connectivity index (χ1v) is 12.7. The minimum atomic E-state index is -1.06. The highest BCUT2D eigenvalue weighted by Crippen LogP contribution is 2.34. The number of hydrogen-bond acceptors (Lipinski definition) is 4. The van der Waals surface area contributed by atoms with Gasteiger partial charge in [0.2, 0.25) is 0 Å². The molecular formula is C28H38N2O4. The van der Waals surface area contributed by atoms with Crippen LogP contribution in [0.1, 0.15) is 43.2 Å². The zero-order valence-electron chi connectivity index (χ0n) is 19.9. The normalized spacial score (nSPS) is 25.4. The van der Waals surface area contributed by atoms with Gasteiger partial charge >= 0.3 is 6.03 Å². The fourth-order valence-corrected chi connectivity index (χ4v) is 5.07. The SMILES string of the molecule is O=C1N(CCCCCO)[C@H](Cc2ccccc2)[C@H](O)[C@@H](O)[C@@H](Cc2ccccc2)N1CC1CC1. The Balaban J connectivity index is 1.65. The summed E-state index contributed by atoms with van der Waals surface area (Å²) in [4.78, 5) is 17.7. The lowest BCUT2D eigenvalue weighted by Gasteiger charge is -2.36. The standard InChI is InChI=1S/C28H38N2O4/c31-17-9-3-8-16-29-24(18-21-10-4-1-5-11-21)26(32)27(33)25(19-22-12-6-2-7-13-22)30(28(29)34)20-23-14-15-23/h1-2,4-7,10-13,23-27,31-33H,3,8-9,14-20H2/t24-,25-,26+,27+/m1/s1. The van der Waals surface area contributed by atoms with Crippen molar-refractivity contribution in [1.29, 1.82) is 0 Å². The molecule has 4 atom stereocenters. The third-order valence-electron chi connectivity index (χ3n) is 7.21. The summed E-state index contributed by atoms with van der Waals surface area (Å²) in [7, 11) is 0. The third-order valence-corrected chi connectivity index (χ3v) is 7.21. The molecule has 1 aliphatic heterocycles. The number of benzene rings is 2. The molecule has 2 aromatic rings. The number of carbonyl (C=O) groups excluding carboxylic acids is 1. The number of rotatable bonds is 11. The molecule has 34 heavy (non-hydrogen) atoms. The summed E-state index contributed by atoms with van der Waals surface area (Å²) in [6, 6.07) is 18.7. The van der Waals surface area contributed by atoms with Crippen molar-refractivity contribution in [3.63, 3.8) is 0 Å². The highest BCUT2D eigenvalue weighted by Gasteiger charge is 2.47. The van der Waals surface area contributed by atoms with E-state index in [9.17, 15) is 20.1 Å². The van der Waals surface area contributed by atoms with Crippen molar-refractivity contribution in [3.8, 4) is 0 Å². The molecule has 3 N–H and O–H groups in total. The van der Waals surface area contributed by atoms with Gasteiger partial charge in [0.05, 0.1) is 12.1 Å². The Kier molecular flexibility index (Phi) is 8.59. The molecule has 0 aromatic heterocycles. The van der Waals surface area contributed by atoms with Crippen molar-refractivity contribution in [2.75, 3.05) is 19.7 Å². The first-order valence-electron chi connectivity index (χ1n) is 12.7. The molecular weight excluding hydrogens is 428 g/mol. The third kappa shape index (κ3) is 6.17. The van der Waals surface area contributed by atoms with E-state index >= 15 is 0 Å². The van der Waals surface area contributed by atoms with Crippen LogP contribution in [0.25, 0.3) is 0 Å². The van der Waals surface area contributed by atoms with E-state index in [1.54, 1.807) is 4.90 Å². The second-order valence-electron chi connectivity index (χ2n) is 9.85. The number of urea groups is 1. The summed E-state index contributed by atoms with van der Waals surface area (Å²) < 4.78 is 0. The number of nitrogens with zero attached hydrogens (tertiary/aromatic N) is 2. The zero-order valence-corrected chi connectivity index (χ0v) is 19.9. The molecule has 2 amide bonds. The molecule has 6 nitrogen and oxygen atoms in total. The number of unbranched alkanes of at least 4 members (excludes halogenated alkanes) is 2. The van der Waals surface area contributed by atoms with Crippen LogP contribution in [0.15, 0.2) is 60.7 Å². The predicted octanol–water partition coefficient (Wildman–Crippen LogP) is 3.24. The Hall–Kier alpha value is -2.41. The van der Waals surface area contributed by atoms with Crippen LogP contribution in [0, 0.1) is 5.92 Å². The molecule has 0 radical (unpaired) electrons. The van der Waals surface area contributed by atoms with Crippen molar-refractivity contribution < 1.29 is 20.1 Å². The molecule has 2 aromatic carbocycles. The van der Waals surface area contributed by atoms with Crippen LogP contribution in [0.2, 0.25) is 0 Å². The molecule has 1 aliphatic carbocycles. The molecule has 0 unspecified atom stereocenters. The average molecular weight is 467 g/mol. The predicted molar refractivity (Wildman–Crippen MR) is 132 cm³/mol. The van der Waals surface area contributed by atoms with Crippen LogP contribution < -0.4 is 0 Å². The van der Waals surface area contributed by atoms with E-state index < -0.39 is 24.3 Å². The molecule has 6 heteroatoms. The smallest absolute Gasteiger partial charge is 0.320 e. The highest BCUT2D eigenvalue weighted by atomic mass is 16.3. The second-order valence-corrected chi connectivity index (χ2v) is 9.85. The zero-order chi connectivity index (χ0) is 23.9. The van der Waals surface area contributed by atoms with Crippen molar-refractivity contribution in [2.45, 2.75) is 69.2 Å². The first-order chi connectivity index (χ1) is 16.6. The van der Waals surface area contributed by atoms with Gasteiger partial charge < -0.3 is 25.1 Å². The fourth-order valence-electron chi connectivity index (χ4n) is 5.07. The monoisotopic (exact) mass is 466 g/mol. The van der Waals surface area contributed by atoms with Crippen LogP contribution in [0.3, 0.4) is 0 Å². The van der Waals surface area contributed by atoms with Gasteiger partial charge in [0, 0.05) is 19.7 Å². The summed E-state index contributed by atoms with van der Waals surface area (Å²) in [5.74, 6) is 0.466. The van der Waals surface area contributed by atoms with Crippen LogP contribution in [-0.2, 0) is 12.8 Å². The highest BCUT2D eigenvalue weighted by molar-refractivity contribution is 5.76. The van der Waals surface area contributed by atoms with Gasteiger partial charge in [0.25, 0.3) is 0 Å². The number of aliphatic hydroxyl groups excluding tert-OH is 3. The Bertz CT molecular complexity index is 890. The Morgan fingerprint density at radius 3 is 1.76 bits per heavy atom. The van der Waals surface area contributed by atoms with Crippen LogP contribution >= 0.6 is 0 Å². The van der Waals surface area contributed by atoms with E-state index in [1.165, 1.54) is 0 Å². The van der Waals surface area contributed by atoms with Crippen LogP contribution in [-0.4, -0.2) is 75.1 Å². The summed E-state index contributed by atoms with van der Waals surface area (Å²) in [6.45, 7) is 1.25. The van der Waals surface area contributed by atoms with Crippen molar-refractivity contribution in [1.82, 2.24) is 9.80 Å². The van der Waals surface area contributed by atoms with Gasteiger partial charge in [-0.25, -0.2) is 4.79 Å². The maximum absolute atomic E-state index is 14.0. The molecule has 184 valence electrons. The summed E-state index contributed by atoms with van der Waals surface area (Å²) in [6.07, 6.45) is 3.36. The topological polar surface area (TPSA) is 84.2 Å². The quantitative estimate of drug-likeness (QED) is 0.444. The van der Waals surface area contributed by atoms with Gasteiger partial charge in [0.15, 0.2) is 0 Å². The van der Waals surface area contributed by atoms with Gasteiger partial charge in [-0.15, -0.1) is 0 Å². The van der Waals surface area contributed by atoms with E-state index in [1.807, 2.05) is 65.6 Å². The molecule has 1 heterocycles. The minimum Gasteiger partial charge on any atom is -0.396 e. The lowest BCUT2D eigenvalue weighted by atomic mass is 9.91. The molecule has 1 saturated carbocycles.